The Morgan fingerprint density at radius 1 is 0.400 bits per heavy atom. The maximum atomic E-state index is 0. The Kier molecular flexibility index (Phi) is 6460. The minimum atomic E-state index is 0. The summed E-state index contributed by atoms with van der Waals surface area (Å²) in [6.45, 7) is 0. The van der Waals surface area contributed by atoms with E-state index in [0.29, 0.717) is 0 Å². The first-order valence-electron chi connectivity index (χ1n) is 0. The molecule has 5 heteroatoms. The Labute approximate surface area is 48.2 Å². The first-order valence-corrected chi connectivity index (χ1v) is 0. The van der Waals surface area contributed by atoms with Gasteiger partial charge in [-0.25, -0.2) is 0 Å². The van der Waals surface area contributed by atoms with Gasteiger partial charge in [0.05, 0.1) is 0 Å². The van der Waals surface area contributed by atoms with Crippen molar-refractivity contribution >= 4 is 25.8 Å². The molecule has 0 aliphatic heterocycles. The fourth-order valence-electron chi connectivity index (χ4n) is 0. The quantitative estimate of drug-likeness (QED) is 0.365. The zero-order valence-electron chi connectivity index (χ0n) is 2.00. The summed E-state index contributed by atoms with van der Waals surface area (Å²) < 4.78 is 0. The van der Waals surface area contributed by atoms with E-state index in [-0.39, 0.29) is 47.7 Å². The zero-order valence-corrected chi connectivity index (χ0v) is 2.00. The van der Waals surface area contributed by atoms with Crippen LogP contribution >= 0.6 is 0 Å². The fraction of sp³-hybridized carbons (Fsp3) is 0. The standard InChI is InChI=1S/In.4H2O.3H/h;4*1H2;;;. The molecule has 0 spiro atoms. The van der Waals surface area contributed by atoms with Crippen molar-refractivity contribution in [3.05, 3.63) is 0 Å². The van der Waals surface area contributed by atoms with Gasteiger partial charge >= 0.3 is 25.8 Å². The topological polar surface area (TPSA) is 126 Å². The first kappa shape index (κ1) is 251. The third-order valence-electron chi connectivity index (χ3n) is 0. The number of hydrogen-bond donors (Lipinski definition) is 0. The van der Waals surface area contributed by atoms with Crippen LogP contribution in [0.1, 0.15) is 0 Å². The molecule has 0 amide bonds. The van der Waals surface area contributed by atoms with Gasteiger partial charge in [0.25, 0.3) is 0 Å². The van der Waals surface area contributed by atoms with E-state index in [1.807, 2.05) is 0 Å². The second kappa shape index (κ2) is 129. The monoisotopic (exact) mass is 190 g/mol. The molecule has 0 saturated heterocycles. The molecule has 0 unspecified atom stereocenters. The Bertz CT molecular complexity index is 3.61. The molecule has 0 aromatic carbocycles. The maximum absolute atomic E-state index is 0. The van der Waals surface area contributed by atoms with Crippen molar-refractivity contribution in [1.82, 2.24) is 0 Å². The third kappa shape index (κ3) is 68.6. The van der Waals surface area contributed by atoms with Crippen LogP contribution in [0.3, 0.4) is 0 Å². The summed E-state index contributed by atoms with van der Waals surface area (Å²) in [7, 11) is 0. The van der Waals surface area contributed by atoms with Crippen LogP contribution in [0.15, 0.2) is 0 Å². The van der Waals surface area contributed by atoms with E-state index < -0.39 is 0 Å². The predicted molar refractivity (Wildman–Crippen MR) is 24.4 cm³/mol. The van der Waals surface area contributed by atoms with Crippen molar-refractivity contribution in [2.24, 2.45) is 0 Å². The van der Waals surface area contributed by atoms with Crippen LogP contribution in [-0.4, -0.2) is 47.7 Å². The third-order valence-corrected chi connectivity index (χ3v) is 0. The van der Waals surface area contributed by atoms with Gasteiger partial charge in [-0.3, -0.25) is 0 Å². The molecular weight excluding hydrogens is 179 g/mol. The summed E-state index contributed by atoms with van der Waals surface area (Å²) in [4.78, 5) is 0. The second-order valence-electron chi connectivity index (χ2n) is 0. The fourth-order valence-corrected chi connectivity index (χ4v) is 0. The molecule has 5 heavy (non-hydrogen) atoms. The summed E-state index contributed by atoms with van der Waals surface area (Å²) in [5.41, 5.74) is 0. The molecule has 4 nitrogen and oxygen atoms in total. The Morgan fingerprint density at radius 2 is 0.400 bits per heavy atom. The summed E-state index contributed by atoms with van der Waals surface area (Å²) in [6.07, 6.45) is 0. The molecule has 8 N–H and O–H groups in total. The molecule has 0 bridgehead atoms. The molecule has 38 valence electrons. The van der Waals surface area contributed by atoms with Gasteiger partial charge in [-0.15, -0.1) is 0 Å². The summed E-state index contributed by atoms with van der Waals surface area (Å²) in [6, 6.07) is 0. The van der Waals surface area contributed by atoms with Crippen molar-refractivity contribution < 1.29 is 21.9 Å². The molecule has 0 aliphatic rings. The van der Waals surface area contributed by atoms with Crippen LogP contribution in [0.5, 0.6) is 0 Å². The zero-order chi connectivity index (χ0) is 0. The summed E-state index contributed by atoms with van der Waals surface area (Å²) in [5, 5.41) is 0. The van der Waals surface area contributed by atoms with Crippen LogP contribution < -0.4 is 0 Å². The first-order chi connectivity index (χ1) is 0. The number of rotatable bonds is 0. The van der Waals surface area contributed by atoms with E-state index in [4.69, 9.17) is 0 Å². The van der Waals surface area contributed by atoms with Gasteiger partial charge in [0.1, 0.15) is 0 Å². The van der Waals surface area contributed by atoms with Gasteiger partial charge in [0.15, 0.2) is 0 Å². The summed E-state index contributed by atoms with van der Waals surface area (Å²) in [5.74, 6) is 0. The van der Waals surface area contributed by atoms with Crippen molar-refractivity contribution in [2.45, 2.75) is 0 Å². The average molecular weight is 190 g/mol. The Balaban J connectivity index is 0. The molecule has 0 saturated carbocycles. The molecule has 0 fully saturated rings. The van der Waals surface area contributed by atoms with Crippen molar-refractivity contribution in [2.75, 3.05) is 0 Å². The van der Waals surface area contributed by atoms with E-state index in [0.717, 1.165) is 0 Å². The van der Waals surface area contributed by atoms with Crippen molar-refractivity contribution in [3.8, 4) is 0 Å². The molecular formula is H11InO4. The van der Waals surface area contributed by atoms with Gasteiger partial charge in [-0.05, 0) is 0 Å². The van der Waals surface area contributed by atoms with Crippen molar-refractivity contribution in [3.63, 3.8) is 0 Å². The van der Waals surface area contributed by atoms with Crippen molar-refractivity contribution in [1.29, 1.82) is 0 Å². The van der Waals surface area contributed by atoms with Crippen LogP contribution in [0.25, 0.3) is 0 Å². The second-order valence-corrected chi connectivity index (χ2v) is 0. The molecule has 0 heterocycles. The van der Waals surface area contributed by atoms with E-state index >= 15 is 0 Å². The van der Waals surface area contributed by atoms with E-state index in [1.165, 1.54) is 0 Å². The SMILES string of the molecule is O.O.O.O.[InH3]. The predicted octanol–water partition coefficient (Wildman–Crippen LogP) is -4.48. The van der Waals surface area contributed by atoms with Gasteiger partial charge < -0.3 is 21.9 Å². The van der Waals surface area contributed by atoms with Gasteiger partial charge in [-0.1, -0.05) is 0 Å². The van der Waals surface area contributed by atoms with Crippen LogP contribution in [-0.2, 0) is 0 Å². The van der Waals surface area contributed by atoms with Crippen LogP contribution in [0.4, 0.5) is 0 Å². The average Bonchev–Trinajstić information content (AvgIpc) is 0. The Morgan fingerprint density at radius 3 is 0.400 bits per heavy atom. The minimum absolute atomic E-state index is 0. The van der Waals surface area contributed by atoms with E-state index in [1.54, 1.807) is 0 Å². The van der Waals surface area contributed by atoms with E-state index in [9.17, 15) is 0 Å². The van der Waals surface area contributed by atoms with E-state index in [2.05, 4.69) is 0 Å². The molecule has 0 aliphatic carbocycles. The molecule has 0 aromatic rings. The summed E-state index contributed by atoms with van der Waals surface area (Å²) >= 11 is 0. The van der Waals surface area contributed by atoms with Gasteiger partial charge in [0.2, 0.25) is 0 Å². The van der Waals surface area contributed by atoms with Crippen LogP contribution in [0, 0.1) is 0 Å². The van der Waals surface area contributed by atoms with Crippen LogP contribution in [0.2, 0.25) is 0 Å². The number of hydrogen-bond acceptors (Lipinski definition) is 0. The Hall–Kier alpha value is 0.710. The molecule has 0 aromatic heterocycles. The molecule has 0 atom stereocenters. The molecule has 0 radical (unpaired) electrons. The van der Waals surface area contributed by atoms with Gasteiger partial charge in [-0.2, -0.15) is 0 Å². The van der Waals surface area contributed by atoms with Gasteiger partial charge in [0, 0.05) is 0 Å². The normalized spacial score (nSPS) is 0. The molecule has 0 rings (SSSR count).